The van der Waals surface area contributed by atoms with Crippen LogP contribution in [0.1, 0.15) is 82.8 Å². The number of ether oxygens (including phenoxy) is 1. The lowest BCUT2D eigenvalue weighted by Crippen LogP contribution is -2.47. The molecule has 2 aromatic carbocycles. The van der Waals surface area contributed by atoms with E-state index in [1.165, 1.54) is 42.7 Å². The van der Waals surface area contributed by atoms with Crippen LogP contribution in [-0.4, -0.2) is 60.0 Å². The first-order valence-electron chi connectivity index (χ1n) is 16.6. The molecular formula is C36H36ClF5N8O3. The third-order valence-electron chi connectivity index (χ3n) is 9.48. The molecule has 6 rings (SSSR count). The Morgan fingerprint density at radius 1 is 1.06 bits per heavy atom. The Hall–Kier alpha value is -4.99. The molecule has 53 heavy (non-hydrogen) atoms. The fourth-order valence-electron chi connectivity index (χ4n) is 6.72. The van der Waals surface area contributed by atoms with E-state index in [2.05, 4.69) is 25.0 Å². The summed E-state index contributed by atoms with van der Waals surface area (Å²) in [5.74, 6) is -6.49. The number of hydrogen-bond acceptors (Lipinski definition) is 9. The lowest BCUT2D eigenvalue weighted by molar-refractivity contribution is -0.153. The average molecular weight is 759 g/mol. The second-order valence-corrected chi connectivity index (χ2v) is 15.0. The van der Waals surface area contributed by atoms with Crippen molar-refractivity contribution in [2.24, 2.45) is 21.6 Å². The monoisotopic (exact) mass is 758 g/mol. The summed E-state index contributed by atoms with van der Waals surface area (Å²) in [5, 5.41) is 3.87. The summed E-state index contributed by atoms with van der Waals surface area (Å²) in [6.07, 6.45) is 0.528. The molecule has 1 fully saturated rings. The van der Waals surface area contributed by atoms with Crippen LogP contribution in [0.3, 0.4) is 0 Å². The Balaban J connectivity index is 1.43. The number of nitrogens with two attached hydrogens (primary N) is 1. The molecule has 0 spiro atoms. The van der Waals surface area contributed by atoms with Crippen LogP contribution >= 0.6 is 11.6 Å². The van der Waals surface area contributed by atoms with Gasteiger partial charge < -0.3 is 10.5 Å². The molecule has 2 atom stereocenters. The smallest absolute Gasteiger partial charge is 0.306 e. The van der Waals surface area contributed by atoms with Gasteiger partial charge in [0, 0.05) is 28.9 Å². The third-order valence-corrected chi connectivity index (χ3v) is 9.80. The van der Waals surface area contributed by atoms with Gasteiger partial charge in [-0.1, -0.05) is 50.6 Å². The first kappa shape index (κ1) is 37.8. The molecule has 3 heterocycles. The maximum Gasteiger partial charge on any atom is 0.306 e. The number of rotatable bonds is 12. The molecule has 1 amide bonds. The number of carbonyl (C=O) groups excluding carboxylic acids is 2. The van der Waals surface area contributed by atoms with Crippen molar-refractivity contribution in [2.45, 2.75) is 77.3 Å². The maximum atomic E-state index is 16.3. The van der Waals surface area contributed by atoms with Crippen molar-refractivity contribution < 1.29 is 36.3 Å². The van der Waals surface area contributed by atoms with Crippen molar-refractivity contribution in [3.05, 3.63) is 89.0 Å². The first-order chi connectivity index (χ1) is 24.9. The molecule has 0 bridgehead atoms. The number of nitrogens with zero attached hydrogens (tertiary/aromatic N) is 7. The van der Waals surface area contributed by atoms with Gasteiger partial charge in [0.05, 0.1) is 23.2 Å². The zero-order valence-corrected chi connectivity index (χ0v) is 29.9. The van der Waals surface area contributed by atoms with Crippen molar-refractivity contribution in [2.75, 3.05) is 6.61 Å². The molecule has 4 aromatic rings. The van der Waals surface area contributed by atoms with E-state index in [4.69, 9.17) is 22.1 Å². The molecule has 17 heteroatoms. The van der Waals surface area contributed by atoms with Crippen LogP contribution < -0.4 is 5.73 Å². The van der Waals surface area contributed by atoms with Gasteiger partial charge in [-0.3, -0.25) is 14.5 Å². The zero-order chi connectivity index (χ0) is 38.5. The topological polar surface area (TPSA) is 141 Å². The van der Waals surface area contributed by atoms with Gasteiger partial charge >= 0.3 is 5.97 Å². The van der Waals surface area contributed by atoms with Crippen LogP contribution in [0.2, 0.25) is 5.02 Å². The van der Waals surface area contributed by atoms with E-state index in [-0.39, 0.29) is 52.9 Å². The standard InChI is InChI=1S/C36H36ClF5N8O3/c1-33(2,3)18-36(22-8-6-21(14-24(22)38)29-44-12-5-13-45-29)31(52)49(32(43)48-36)26(17-53-27(51)16-35(10-11-35)34(4,41)42)20-7-9-23(37)25(15-20)50-30(28(39)40)46-19-47-50/h5-9,12-15,19,26,28H,10-11,16-18H2,1-4H3,(H2,43,48)/t26-,36-/m1/s1. The molecule has 0 unspecified atom stereocenters. The van der Waals surface area contributed by atoms with Gasteiger partial charge in [-0.05, 0) is 61.4 Å². The molecule has 1 aliphatic carbocycles. The second kappa shape index (κ2) is 13.8. The Bertz CT molecular complexity index is 2060. The molecule has 0 radical (unpaired) electrons. The van der Waals surface area contributed by atoms with E-state index in [9.17, 15) is 27.2 Å². The summed E-state index contributed by atoms with van der Waals surface area (Å²) < 4.78 is 79.1. The summed E-state index contributed by atoms with van der Waals surface area (Å²) in [6.45, 7) is 5.63. The molecular weight excluding hydrogens is 723 g/mol. The Labute approximate surface area is 306 Å². The molecule has 2 aromatic heterocycles. The van der Waals surface area contributed by atoms with E-state index in [0.717, 1.165) is 22.8 Å². The third kappa shape index (κ3) is 7.33. The number of halogens is 6. The van der Waals surface area contributed by atoms with Gasteiger partial charge in [0.1, 0.15) is 18.8 Å². The second-order valence-electron chi connectivity index (χ2n) is 14.6. The molecule has 11 nitrogen and oxygen atoms in total. The van der Waals surface area contributed by atoms with E-state index in [0.29, 0.717) is 5.56 Å². The molecule has 1 saturated carbocycles. The number of benzene rings is 2. The van der Waals surface area contributed by atoms with E-state index >= 15 is 4.39 Å². The highest BCUT2D eigenvalue weighted by molar-refractivity contribution is 6.32. The van der Waals surface area contributed by atoms with Crippen molar-refractivity contribution >= 4 is 29.4 Å². The molecule has 280 valence electrons. The van der Waals surface area contributed by atoms with Gasteiger partial charge in [-0.15, -0.1) is 0 Å². The van der Waals surface area contributed by atoms with Crippen molar-refractivity contribution in [1.29, 1.82) is 0 Å². The number of guanidine groups is 1. The minimum absolute atomic E-state index is 0.0150. The number of aliphatic imine (C=N–C) groups is 1. The molecule has 1 aliphatic heterocycles. The summed E-state index contributed by atoms with van der Waals surface area (Å²) in [7, 11) is 0. The highest BCUT2D eigenvalue weighted by Gasteiger charge is 2.60. The molecule has 2 N–H and O–H groups in total. The Kier molecular flexibility index (Phi) is 9.81. The predicted octanol–water partition coefficient (Wildman–Crippen LogP) is 7.35. The number of hydrogen-bond donors (Lipinski definition) is 1. The zero-order valence-electron chi connectivity index (χ0n) is 29.2. The minimum Gasteiger partial charge on any atom is -0.463 e. The van der Waals surface area contributed by atoms with Crippen LogP contribution in [0.5, 0.6) is 0 Å². The van der Waals surface area contributed by atoms with Crippen LogP contribution in [0.15, 0.2) is 66.2 Å². The van der Waals surface area contributed by atoms with E-state index in [1.54, 1.807) is 12.1 Å². The molecule has 0 saturated heterocycles. The fraction of sp³-hybridized carbons (Fsp3) is 0.417. The summed E-state index contributed by atoms with van der Waals surface area (Å²) >= 11 is 6.44. The van der Waals surface area contributed by atoms with Gasteiger partial charge in [0.15, 0.2) is 23.1 Å². The van der Waals surface area contributed by atoms with Crippen LogP contribution in [0.25, 0.3) is 17.1 Å². The largest absolute Gasteiger partial charge is 0.463 e. The van der Waals surface area contributed by atoms with Crippen molar-refractivity contribution in [3.63, 3.8) is 0 Å². The van der Waals surface area contributed by atoms with Crippen LogP contribution in [-0.2, 0) is 19.9 Å². The highest BCUT2D eigenvalue weighted by Crippen LogP contribution is 2.59. The Morgan fingerprint density at radius 2 is 1.75 bits per heavy atom. The van der Waals surface area contributed by atoms with Crippen LogP contribution in [0.4, 0.5) is 22.0 Å². The lowest BCUT2D eigenvalue weighted by Gasteiger charge is -2.35. The van der Waals surface area contributed by atoms with E-state index < -0.39 is 71.3 Å². The fourth-order valence-corrected chi connectivity index (χ4v) is 6.92. The normalized spacial score (nSPS) is 19.0. The lowest BCUT2D eigenvalue weighted by atomic mass is 9.75. The summed E-state index contributed by atoms with van der Waals surface area (Å²) in [4.78, 5) is 45.6. The number of aromatic nitrogens is 5. The quantitative estimate of drug-likeness (QED) is 0.117. The highest BCUT2D eigenvalue weighted by atomic mass is 35.5. The van der Waals surface area contributed by atoms with Gasteiger partial charge in [0.25, 0.3) is 18.3 Å². The molecule has 2 aliphatic rings. The Morgan fingerprint density at radius 3 is 2.36 bits per heavy atom. The number of carbonyl (C=O) groups is 2. The van der Waals surface area contributed by atoms with Gasteiger partial charge in [-0.25, -0.2) is 46.6 Å². The SMILES string of the molecule is CC(C)(C)C[C@]1(c2ccc(-c3ncccn3)cc2F)N=C(N)N([C@H](COC(=O)CC2(C(C)(F)F)CC2)c2ccc(Cl)c(-n3ncnc3C(F)F)c2)C1=O. The maximum absolute atomic E-state index is 16.3. The first-order valence-corrected chi connectivity index (χ1v) is 17.0. The van der Waals surface area contributed by atoms with Crippen LogP contribution in [0, 0.1) is 16.6 Å². The average Bonchev–Trinajstić information content (AvgIpc) is 3.63. The minimum atomic E-state index is -3.14. The summed E-state index contributed by atoms with van der Waals surface area (Å²) in [5.41, 5.74) is 2.79. The van der Waals surface area contributed by atoms with Gasteiger partial charge in [0.2, 0.25) is 0 Å². The van der Waals surface area contributed by atoms with Crippen molar-refractivity contribution in [1.82, 2.24) is 29.6 Å². The number of alkyl halides is 4. The van der Waals surface area contributed by atoms with Crippen molar-refractivity contribution in [3.8, 4) is 17.1 Å². The van der Waals surface area contributed by atoms with E-state index in [1.807, 2.05) is 20.8 Å². The number of amides is 1. The predicted molar refractivity (Wildman–Crippen MR) is 184 cm³/mol. The number of esters is 1. The van der Waals surface area contributed by atoms with Gasteiger partial charge in [-0.2, -0.15) is 5.10 Å². The summed E-state index contributed by atoms with van der Waals surface area (Å²) in [6, 6.07) is 8.60.